The lowest BCUT2D eigenvalue weighted by Crippen LogP contribution is -2.50. The smallest absolute Gasteiger partial charge is 0.124 e. The fourth-order valence-electron chi connectivity index (χ4n) is 4.25. The zero-order valence-electron chi connectivity index (χ0n) is 14.9. The predicted molar refractivity (Wildman–Crippen MR) is 99.5 cm³/mol. The summed E-state index contributed by atoms with van der Waals surface area (Å²) >= 11 is 0. The summed E-state index contributed by atoms with van der Waals surface area (Å²) < 4.78 is 6.66. The Kier molecular flexibility index (Phi) is 4.73. The molecule has 0 bridgehead atoms. The number of benzene rings is 1. The number of hydrogen-bond acceptors (Lipinski definition) is 4. The van der Waals surface area contributed by atoms with Crippen molar-refractivity contribution >= 4 is 0 Å². The van der Waals surface area contributed by atoms with Crippen molar-refractivity contribution in [1.82, 2.24) is 15.2 Å². The summed E-state index contributed by atoms with van der Waals surface area (Å²) in [6.07, 6.45) is 8.35. The van der Waals surface area contributed by atoms with Gasteiger partial charge in [-0.2, -0.15) is 0 Å². The third-order valence-corrected chi connectivity index (χ3v) is 5.67. The van der Waals surface area contributed by atoms with Gasteiger partial charge in [0.15, 0.2) is 0 Å². The molecular formula is C21H27N3O. The molecule has 2 aromatic rings. The molecule has 4 nitrogen and oxygen atoms in total. The van der Waals surface area contributed by atoms with E-state index in [1.807, 2.05) is 12.4 Å². The monoisotopic (exact) mass is 337 g/mol. The van der Waals surface area contributed by atoms with Crippen LogP contribution < -0.4 is 10.1 Å². The molecule has 1 aromatic heterocycles. The van der Waals surface area contributed by atoms with Crippen molar-refractivity contribution in [2.24, 2.45) is 0 Å². The Hall–Kier alpha value is -1.91. The summed E-state index contributed by atoms with van der Waals surface area (Å²) in [6, 6.07) is 13.4. The molecule has 4 rings (SSSR count). The van der Waals surface area contributed by atoms with Gasteiger partial charge in [0.05, 0.1) is 0 Å². The van der Waals surface area contributed by atoms with Gasteiger partial charge in [-0.15, -0.1) is 0 Å². The molecular weight excluding hydrogens is 310 g/mol. The zero-order chi connectivity index (χ0) is 17.1. The van der Waals surface area contributed by atoms with E-state index in [0.29, 0.717) is 6.04 Å². The van der Waals surface area contributed by atoms with Gasteiger partial charge in [0.2, 0.25) is 0 Å². The van der Waals surface area contributed by atoms with E-state index in [9.17, 15) is 0 Å². The average Bonchev–Trinajstić information content (AvgIpc) is 2.79. The van der Waals surface area contributed by atoms with Gasteiger partial charge in [-0.05, 0) is 56.5 Å². The van der Waals surface area contributed by atoms with Gasteiger partial charge in [-0.25, -0.2) is 0 Å². The molecule has 1 aliphatic heterocycles. The molecule has 0 radical (unpaired) electrons. The van der Waals surface area contributed by atoms with Gasteiger partial charge in [0.1, 0.15) is 11.4 Å². The van der Waals surface area contributed by atoms with Crippen LogP contribution in [0, 0.1) is 0 Å². The van der Waals surface area contributed by atoms with Crippen molar-refractivity contribution in [2.75, 3.05) is 13.6 Å². The van der Waals surface area contributed by atoms with Crippen LogP contribution in [-0.4, -0.2) is 35.1 Å². The van der Waals surface area contributed by atoms with Crippen LogP contribution in [0.15, 0.2) is 48.8 Å². The van der Waals surface area contributed by atoms with Gasteiger partial charge < -0.3 is 10.1 Å². The van der Waals surface area contributed by atoms with Crippen molar-refractivity contribution in [3.63, 3.8) is 0 Å². The quantitative estimate of drug-likeness (QED) is 0.932. The van der Waals surface area contributed by atoms with Gasteiger partial charge >= 0.3 is 0 Å². The van der Waals surface area contributed by atoms with Crippen LogP contribution in [0.4, 0.5) is 0 Å². The minimum absolute atomic E-state index is 0.0625. The lowest BCUT2D eigenvalue weighted by molar-refractivity contribution is -0.00321. The van der Waals surface area contributed by atoms with Gasteiger partial charge in [0, 0.05) is 43.6 Å². The molecule has 1 fully saturated rings. The number of fused-ring (bicyclic) bond motifs is 1. The molecule has 0 amide bonds. The maximum Gasteiger partial charge on any atom is 0.124 e. The second-order valence-corrected chi connectivity index (χ2v) is 7.46. The number of aromatic nitrogens is 1. The minimum Gasteiger partial charge on any atom is -0.486 e. The average molecular weight is 337 g/mol. The Morgan fingerprint density at radius 2 is 1.92 bits per heavy atom. The fraction of sp³-hybridized carbons (Fsp3) is 0.476. The number of para-hydroxylation sites is 1. The number of nitrogens with zero attached hydrogens (tertiary/aromatic N) is 2. The lowest BCUT2D eigenvalue weighted by atomic mass is 9.81. The maximum absolute atomic E-state index is 6.66. The molecule has 2 aliphatic rings. The third kappa shape index (κ3) is 3.70. The molecule has 0 unspecified atom stereocenters. The zero-order valence-corrected chi connectivity index (χ0v) is 14.9. The minimum atomic E-state index is -0.0625. The first kappa shape index (κ1) is 16.6. The Morgan fingerprint density at radius 1 is 1.16 bits per heavy atom. The van der Waals surface area contributed by atoms with Crippen LogP contribution in [0.2, 0.25) is 0 Å². The molecule has 25 heavy (non-hydrogen) atoms. The van der Waals surface area contributed by atoms with Crippen molar-refractivity contribution in [3.05, 3.63) is 59.9 Å². The van der Waals surface area contributed by atoms with Crippen LogP contribution >= 0.6 is 0 Å². The molecule has 1 aromatic carbocycles. The van der Waals surface area contributed by atoms with E-state index < -0.39 is 0 Å². The van der Waals surface area contributed by atoms with Crippen molar-refractivity contribution in [1.29, 1.82) is 0 Å². The topological polar surface area (TPSA) is 37.4 Å². The Bertz CT molecular complexity index is 695. The van der Waals surface area contributed by atoms with Crippen LogP contribution in [0.5, 0.6) is 5.75 Å². The van der Waals surface area contributed by atoms with Crippen molar-refractivity contribution < 1.29 is 4.74 Å². The first-order valence-electron chi connectivity index (χ1n) is 9.32. The molecule has 1 N–H and O–H groups in total. The highest BCUT2D eigenvalue weighted by molar-refractivity contribution is 5.35. The summed E-state index contributed by atoms with van der Waals surface area (Å²) in [5.41, 5.74) is 2.55. The Morgan fingerprint density at radius 3 is 2.68 bits per heavy atom. The summed E-state index contributed by atoms with van der Waals surface area (Å²) in [6.45, 7) is 2.87. The first-order chi connectivity index (χ1) is 12.3. The van der Waals surface area contributed by atoms with E-state index in [-0.39, 0.29) is 5.60 Å². The molecule has 1 aliphatic carbocycles. The number of nitrogens with one attached hydrogen (secondary N) is 1. The van der Waals surface area contributed by atoms with E-state index in [0.717, 1.165) is 38.2 Å². The summed E-state index contributed by atoms with van der Waals surface area (Å²) in [5.74, 6) is 1.07. The summed E-state index contributed by atoms with van der Waals surface area (Å²) in [5, 5.41) is 3.44. The molecule has 1 spiro atoms. The van der Waals surface area contributed by atoms with E-state index in [1.54, 1.807) is 0 Å². The van der Waals surface area contributed by atoms with Gasteiger partial charge in [-0.3, -0.25) is 9.88 Å². The second kappa shape index (κ2) is 7.14. The molecule has 0 atom stereocenters. The highest BCUT2D eigenvalue weighted by atomic mass is 16.5. The fourth-order valence-corrected chi connectivity index (χ4v) is 4.25. The number of rotatable bonds is 3. The third-order valence-electron chi connectivity index (χ3n) is 5.67. The number of ether oxygens (including phenoxy) is 1. The first-order valence-corrected chi connectivity index (χ1v) is 9.32. The molecule has 132 valence electrons. The second-order valence-electron chi connectivity index (χ2n) is 7.46. The van der Waals surface area contributed by atoms with Crippen molar-refractivity contribution in [3.8, 4) is 5.75 Å². The van der Waals surface area contributed by atoms with Crippen LogP contribution in [0.3, 0.4) is 0 Å². The molecule has 4 heteroatoms. The van der Waals surface area contributed by atoms with Crippen LogP contribution in [-0.2, 0) is 13.1 Å². The largest absolute Gasteiger partial charge is 0.486 e. The highest BCUT2D eigenvalue weighted by Crippen LogP contribution is 2.38. The summed E-state index contributed by atoms with van der Waals surface area (Å²) in [7, 11) is 2.07. The lowest BCUT2D eigenvalue weighted by Gasteiger charge is -2.41. The van der Waals surface area contributed by atoms with E-state index >= 15 is 0 Å². The van der Waals surface area contributed by atoms with E-state index in [2.05, 4.69) is 58.6 Å². The van der Waals surface area contributed by atoms with Crippen LogP contribution in [0.1, 0.15) is 36.8 Å². The van der Waals surface area contributed by atoms with Gasteiger partial charge in [-0.1, -0.05) is 18.2 Å². The Balaban J connectivity index is 1.60. The Labute approximate surface area is 150 Å². The molecule has 0 saturated heterocycles. The highest BCUT2D eigenvalue weighted by Gasteiger charge is 2.40. The SMILES string of the molecule is CNC1CCC2(CC1)CN(Cc1ccncc1)Cc1ccccc1O2. The number of hydrogen-bond donors (Lipinski definition) is 1. The van der Waals surface area contributed by atoms with Crippen molar-refractivity contribution in [2.45, 2.75) is 50.4 Å². The molecule has 2 heterocycles. The van der Waals surface area contributed by atoms with E-state index in [4.69, 9.17) is 4.74 Å². The summed E-state index contributed by atoms with van der Waals surface area (Å²) in [4.78, 5) is 6.69. The number of pyridine rings is 1. The maximum atomic E-state index is 6.66. The standard InChI is InChI=1S/C21H27N3O/c1-22-19-6-10-21(11-7-19)16-24(14-17-8-12-23-13-9-17)15-18-4-2-3-5-20(18)25-21/h2-5,8-9,12-13,19,22H,6-7,10-11,14-16H2,1H3. The normalized spacial score (nSPS) is 26.7. The van der Waals surface area contributed by atoms with Gasteiger partial charge in [0.25, 0.3) is 0 Å². The molecule has 1 saturated carbocycles. The predicted octanol–water partition coefficient (Wildman–Crippen LogP) is 3.38. The van der Waals surface area contributed by atoms with Crippen LogP contribution in [0.25, 0.3) is 0 Å². The van der Waals surface area contributed by atoms with E-state index in [1.165, 1.54) is 24.0 Å².